The van der Waals surface area contributed by atoms with Gasteiger partial charge in [-0.3, -0.25) is 14.5 Å². The Hall–Kier alpha value is -3.25. The van der Waals surface area contributed by atoms with Gasteiger partial charge in [-0.1, -0.05) is 66.2 Å². The number of fused-ring (bicyclic) bond motifs is 1. The molecule has 0 aliphatic heterocycles. The smallest absolute Gasteiger partial charge is 0.222 e. The number of rotatable bonds is 6. The highest BCUT2D eigenvalue weighted by atomic mass is 32.1. The van der Waals surface area contributed by atoms with Gasteiger partial charge in [0.2, 0.25) is 5.91 Å². The number of H-pyrrole nitrogens is 1. The molecule has 0 fully saturated rings. The average Bonchev–Trinajstić information content (AvgIpc) is 3.12. The minimum absolute atomic E-state index is 0.0197. The van der Waals surface area contributed by atoms with Crippen molar-refractivity contribution < 1.29 is 4.79 Å². The molecule has 6 heteroatoms. The Morgan fingerprint density at radius 1 is 1.13 bits per heavy atom. The molecule has 2 N–H and O–H groups in total. The van der Waals surface area contributed by atoms with E-state index in [1.807, 2.05) is 54.8 Å². The molecule has 0 saturated carbocycles. The highest BCUT2D eigenvalue weighted by molar-refractivity contribution is 7.71. The van der Waals surface area contributed by atoms with E-state index < -0.39 is 0 Å². The molecule has 0 saturated heterocycles. The molecule has 1 heterocycles. The van der Waals surface area contributed by atoms with Crippen LogP contribution in [0.5, 0.6) is 0 Å². The summed E-state index contributed by atoms with van der Waals surface area (Å²) >= 11 is 5.39. The van der Waals surface area contributed by atoms with Gasteiger partial charge in [-0.05, 0) is 48.5 Å². The van der Waals surface area contributed by atoms with Crippen molar-refractivity contribution in [2.24, 2.45) is 0 Å². The third-order valence-corrected chi connectivity index (χ3v) is 5.58. The lowest BCUT2D eigenvalue weighted by Crippen LogP contribution is -2.27. The molecule has 152 valence electrons. The Labute approximate surface area is 180 Å². The number of aromatic nitrogens is 3. The SMILES string of the molecule is Cc1cccc(-c2n[nH]c(=S)n2CCC(=O)NC(C)c2cccc3ccccc23)c1. The first-order chi connectivity index (χ1) is 14.5. The van der Waals surface area contributed by atoms with Gasteiger partial charge < -0.3 is 5.32 Å². The standard InChI is InChI=1S/C24H24N4OS/c1-16-7-5-10-19(15-16)23-26-27-24(30)28(23)14-13-22(29)25-17(2)20-12-6-9-18-8-3-4-11-21(18)20/h3-12,15,17H,13-14H2,1-2H3,(H,25,29)(H,27,30). The maximum absolute atomic E-state index is 12.7. The molecule has 0 aliphatic carbocycles. The van der Waals surface area contributed by atoms with Gasteiger partial charge in [-0.15, -0.1) is 0 Å². The molecule has 1 atom stereocenters. The van der Waals surface area contributed by atoms with E-state index in [0.29, 0.717) is 17.7 Å². The van der Waals surface area contributed by atoms with Gasteiger partial charge in [0.05, 0.1) is 6.04 Å². The van der Waals surface area contributed by atoms with Crippen LogP contribution in [0.15, 0.2) is 66.7 Å². The Morgan fingerprint density at radius 2 is 1.90 bits per heavy atom. The summed E-state index contributed by atoms with van der Waals surface area (Å²) in [5.41, 5.74) is 3.24. The Bertz CT molecular complexity index is 1250. The molecule has 4 aromatic rings. The van der Waals surface area contributed by atoms with Crippen LogP contribution in [-0.4, -0.2) is 20.7 Å². The first-order valence-electron chi connectivity index (χ1n) is 10.0. The molecule has 0 bridgehead atoms. The molecule has 0 radical (unpaired) electrons. The number of carbonyl (C=O) groups is 1. The van der Waals surface area contributed by atoms with Gasteiger partial charge in [-0.25, -0.2) is 0 Å². The molecule has 3 aromatic carbocycles. The number of nitrogens with one attached hydrogen (secondary N) is 2. The van der Waals surface area contributed by atoms with E-state index in [0.717, 1.165) is 27.9 Å². The number of aryl methyl sites for hydroxylation is 1. The summed E-state index contributed by atoms with van der Waals surface area (Å²) in [6, 6.07) is 22.4. The largest absolute Gasteiger partial charge is 0.350 e. The maximum atomic E-state index is 12.7. The van der Waals surface area contributed by atoms with Crippen molar-refractivity contribution >= 4 is 28.9 Å². The summed E-state index contributed by atoms with van der Waals surface area (Å²) in [4.78, 5) is 12.7. The van der Waals surface area contributed by atoms with E-state index in [4.69, 9.17) is 12.2 Å². The summed E-state index contributed by atoms with van der Waals surface area (Å²) in [6.45, 7) is 4.52. The van der Waals surface area contributed by atoms with Gasteiger partial charge in [0.15, 0.2) is 10.6 Å². The van der Waals surface area contributed by atoms with Crippen molar-refractivity contribution in [2.75, 3.05) is 0 Å². The number of hydrogen-bond acceptors (Lipinski definition) is 3. The fourth-order valence-electron chi connectivity index (χ4n) is 3.76. The van der Waals surface area contributed by atoms with Crippen molar-refractivity contribution in [3.63, 3.8) is 0 Å². The van der Waals surface area contributed by atoms with Crippen molar-refractivity contribution in [3.05, 3.63) is 82.6 Å². The number of aromatic amines is 1. The first kappa shape index (κ1) is 20.0. The maximum Gasteiger partial charge on any atom is 0.222 e. The van der Waals surface area contributed by atoms with Crippen LogP contribution in [0.25, 0.3) is 22.2 Å². The van der Waals surface area contributed by atoms with Crippen LogP contribution in [0, 0.1) is 11.7 Å². The van der Waals surface area contributed by atoms with Crippen molar-refractivity contribution in [3.8, 4) is 11.4 Å². The molecule has 30 heavy (non-hydrogen) atoms. The first-order valence-corrected chi connectivity index (χ1v) is 10.4. The van der Waals surface area contributed by atoms with Crippen molar-refractivity contribution in [1.29, 1.82) is 0 Å². The highest BCUT2D eigenvalue weighted by Gasteiger charge is 2.14. The quantitative estimate of drug-likeness (QED) is 0.417. The summed E-state index contributed by atoms with van der Waals surface area (Å²) in [6.07, 6.45) is 0.321. The van der Waals surface area contributed by atoms with E-state index >= 15 is 0 Å². The normalized spacial score (nSPS) is 12.1. The van der Waals surface area contributed by atoms with Crippen LogP contribution in [0.3, 0.4) is 0 Å². The van der Waals surface area contributed by atoms with Crippen LogP contribution < -0.4 is 5.32 Å². The fourth-order valence-corrected chi connectivity index (χ4v) is 3.99. The zero-order valence-electron chi connectivity index (χ0n) is 17.1. The van der Waals surface area contributed by atoms with Crippen LogP contribution in [0.1, 0.15) is 30.5 Å². The Kier molecular flexibility index (Phi) is 5.77. The second-order valence-corrected chi connectivity index (χ2v) is 7.87. The number of amides is 1. The third-order valence-electron chi connectivity index (χ3n) is 5.26. The molecular formula is C24H24N4OS. The fraction of sp³-hybridized carbons (Fsp3) is 0.208. The molecule has 1 amide bonds. The predicted molar refractivity (Wildman–Crippen MR) is 123 cm³/mol. The third kappa shape index (κ3) is 4.19. The number of nitrogens with zero attached hydrogens (tertiary/aromatic N) is 2. The van der Waals surface area contributed by atoms with Gasteiger partial charge in [-0.2, -0.15) is 5.10 Å². The summed E-state index contributed by atoms with van der Waals surface area (Å²) in [7, 11) is 0. The minimum Gasteiger partial charge on any atom is -0.350 e. The molecule has 4 rings (SSSR count). The van der Waals surface area contributed by atoms with E-state index in [-0.39, 0.29) is 11.9 Å². The molecular weight excluding hydrogens is 392 g/mol. The second-order valence-electron chi connectivity index (χ2n) is 7.48. The predicted octanol–water partition coefficient (Wildman–Crippen LogP) is 5.34. The van der Waals surface area contributed by atoms with Gasteiger partial charge in [0, 0.05) is 18.5 Å². The molecule has 5 nitrogen and oxygen atoms in total. The summed E-state index contributed by atoms with van der Waals surface area (Å²) in [5.74, 6) is 0.729. The molecule has 1 unspecified atom stereocenters. The molecule has 0 aliphatic rings. The average molecular weight is 417 g/mol. The van der Waals surface area contributed by atoms with E-state index in [1.54, 1.807) is 0 Å². The lowest BCUT2D eigenvalue weighted by Gasteiger charge is -2.17. The van der Waals surface area contributed by atoms with Gasteiger partial charge >= 0.3 is 0 Å². The van der Waals surface area contributed by atoms with E-state index in [2.05, 4.69) is 45.8 Å². The topological polar surface area (TPSA) is 62.7 Å². The zero-order valence-corrected chi connectivity index (χ0v) is 17.9. The van der Waals surface area contributed by atoms with E-state index in [1.165, 1.54) is 5.39 Å². The zero-order chi connectivity index (χ0) is 21.1. The van der Waals surface area contributed by atoms with Crippen molar-refractivity contribution in [2.45, 2.75) is 32.9 Å². The Balaban J connectivity index is 1.47. The second kappa shape index (κ2) is 8.63. The number of benzene rings is 3. The van der Waals surface area contributed by atoms with Crippen molar-refractivity contribution in [1.82, 2.24) is 20.1 Å². The summed E-state index contributed by atoms with van der Waals surface area (Å²) < 4.78 is 2.40. The minimum atomic E-state index is -0.0860. The van der Waals surface area contributed by atoms with Gasteiger partial charge in [0.25, 0.3) is 0 Å². The molecule has 1 aromatic heterocycles. The molecule has 0 spiro atoms. The van der Waals surface area contributed by atoms with E-state index in [9.17, 15) is 4.79 Å². The Morgan fingerprint density at radius 3 is 2.73 bits per heavy atom. The van der Waals surface area contributed by atoms with Crippen LogP contribution in [-0.2, 0) is 11.3 Å². The van der Waals surface area contributed by atoms with Gasteiger partial charge in [0.1, 0.15) is 0 Å². The van der Waals surface area contributed by atoms with Crippen LogP contribution in [0.4, 0.5) is 0 Å². The number of hydrogen-bond donors (Lipinski definition) is 2. The lowest BCUT2D eigenvalue weighted by molar-refractivity contribution is -0.121. The lowest BCUT2D eigenvalue weighted by atomic mass is 9.99. The number of carbonyl (C=O) groups excluding carboxylic acids is 1. The monoisotopic (exact) mass is 416 g/mol. The van der Waals surface area contributed by atoms with Crippen LogP contribution >= 0.6 is 12.2 Å². The van der Waals surface area contributed by atoms with Crippen LogP contribution in [0.2, 0.25) is 0 Å². The summed E-state index contributed by atoms with van der Waals surface area (Å²) in [5, 5.41) is 12.7. The highest BCUT2D eigenvalue weighted by Crippen LogP contribution is 2.24.